The molecule has 26 heavy (non-hydrogen) atoms. The van der Waals surface area contributed by atoms with Crippen LogP contribution in [-0.2, 0) is 10.0 Å². The second-order valence-electron chi connectivity index (χ2n) is 6.19. The Kier molecular flexibility index (Phi) is 4.78. The standard InChI is InChI=1S/C18H21N5O2S/c1-13-10-11-19-17(12-13)22-18(20-15(3)21-22)14(2)23(26(4,24)25)16-8-6-5-7-9-16/h5-12,14H,1-4H3/t14-/m0/s1. The van der Waals surface area contributed by atoms with Gasteiger partial charge in [-0.05, 0) is 50.6 Å². The van der Waals surface area contributed by atoms with Crippen LogP contribution in [0, 0.1) is 13.8 Å². The van der Waals surface area contributed by atoms with Crippen LogP contribution in [0.4, 0.5) is 5.69 Å². The summed E-state index contributed by atoms with van der Waals surface area (Å²) in [6.45, 7) is 5.53. The first-order chi connectivity index (χ1) is 12.3. The van der Waals surface area contributed by atoms with Crippen molar-refractivity contribution in [3.8, 4) is 5.82 Å². The third-order valence-corrected chi connectivity index (χ3v) is 5.19. The minimum absolute atomic E-state index is 0.509. The van der Waals surface area contributed by atoms with E-state index in [0.29, 0.717) is 23.2 Å². The van der Waals surface area contributed by atoms with Crippen molar-refractivity contribution in [2.24, 2.45) is 0 Å². The molecule has 1 aromatic carbocycles. The van der Waals surface area contributed by atoms with Crippen molar-refractivity contribution >= 4 is 15.7 Å². The van der Waals surface area contributed by atoms with Gasteiger partial charge in [-0.1, -0.05) is 18.2 Å². The topological polar surface area (TPSA) is 81.0 Å². The van der Waals surface area contributed by atoms with Crippen molar-refractivity contribution in [2.75, 3.05) is 10.6 Å². The van der Waals surface area contributed by atoms with E-state index in [1.165, 1.54) is 10.6 Å². The summed E-state index contributed by atoms with van der Waals surface area (Å²) in [6, 6.07) is 12.2. The van der Waals surface area contributed by atoms with E-state index < -0.39 is 16.1 Å². The Morgan fingerprint density at radius 2 is 1.81 bits per heavy atom. The lowest BCUT2D eigenvalue weighted by atomic mass is 10.2. The second-order valence-corrected chi connectivity index (χ2v) is 8.05. The van der Waals surface area contributed by atoms with Gasteiger partial charge in [0, 0.05) is 6.20 Å². The number of aromatic nitrogens is 4. The van der Waals surface area contributed by atoms with Gasteiger partial charge in [-0.25, -0.2) is 18.4 Å². The summed E-state index contributed by atoms with van der Waals surface area (Å²) in [5.41, 5.74) is 1.61. The highest BCUT2D eigenvalue weighted by Gasteiger charge is 2.29. The molecule has 0 amide bonds. The Balaban J connectivity index is 2.13. The fourth-order valence-corrected chi connectivity index (χ4v) is 4.06. The molecule has 0 fully saturated rings. The summed E-state index contributed by atoms with van der Waals surface area (Å²) in [5.74, 6) is 1.67. The maximum Gasteiger partial charge on any atom is 0.232 e. The third-order valence-electron chi connectivity index (χ3n) is 3.95. The highest BCUT2D eigenvalue weighted by molar-refractivity contribution is 7.92. The first kappa shape index (κ1) is 18.1. The monoisotopic (exact) mass is 371 g/mol. The van der Waals surface area contributed by atoms with Crippen molar-refractivity contribution < 1.29 is 8.42 Å². The Hall–Kier alpha value is -2.74. The minimum Gasteiger partial charge on any atom is -0.260 e. The SMILES string of the molecule is Cc1ccnc(-n2nc(C)nc2[C@H](C)N(c2ccccc2)S(C)(=O)=O)c1. The molecule has 0 saturated carbocycles. The first-order valence-electron chi connectivity index (χ1n) is 8.18. The second kappa shape index (κ2) is 6.87. The molecule has 0 aliphatic rings. The van der Waals surface area contributed by atoms with Gasteiger partial charge in [0.05, 0.1) is 11.9 Å². The molecule has 0 spiro atoms. The van der Waals surface area contributed by atoms with E-state index in [2.05, 4.69) is 15.1 Å². The molecule has 7 nitrogen and oxygen atoms in total. The summed E-state index contributed by atoms with van der Waals surface area (Å²) in [7, 11) is -3.53. The zero-order valence-electron chi connectivity index (χ0n) is 15.2. The Morgan fingerprint density at radius 1 is 1.12 bits per heavy atom. The molecule has 136 valence electrons. The van der Waals surface area contributed by atoms with E-state index in [4.69, 9.17) is 0 Å². The summed E-state index contributed by atoms with van der Waals surface area (Å²) in [5, 5.41) is 4.42. The molecule has 0 unspecified atom stereocenters. The molecule has 1 atom stereocenters. The largest absolute Gasteiger partial charge is 0.260 e. The van der Waals surface area contributed by atoms with Crippen LogP contribution < -0.4 is 4.31 Å². The van der Waals surface area contributed by atoms with Gasteiger partial charge in [0.15, 0.2) is 11.6 Å². The van der Waals surface area contributed by atoms with E-state index in [1.54, 1.807) is 49.0 Å². The number of benzene rings is 1. The van der Waals surface area contributed by atoms with Gasteiger partial charge in [-0.2, -0.15) is 4.68 Å². The number of hydrogen-bond acceptors (Lipinski definition) is 5. The molecular weight excluding hydrogens is 350 g/mol. The van der Waals surface area contributed by atoms with Crippen molar-refractivity contribution in [1.29, 1.82) is 0 Å². The van der Waals surface area contributed by atoms with Gasteiger partial charge in [0.25, 0.3) is 0 Å². The lowest BCUT2D eigenvalue weighted by Gasteiger charge is -2.28. The maximum absolute atomic E-state index is 12.5. The van der Waals surface area contributed by atoms with Gasteiger partial charge in [-0.3, -0.25) is 4.31 Å². The van der Waals surface area contributed by atoms with Gasteiger partial charge in [0.1, 0.15) is 11.9 Å². The molecule has 0 saturated heterocycles. The molecule has 0 aliphatic heterocycles. The highest BCUT2D eigenvalue weighted by Crippen LogP contribution is 2.29. The van der Waals surface area contributed by atoms with E-state index in [0.717, 1.165) is 5.56 Å². The molecule has 2 aromatic heterocycles. The Bertz CT molecular complexity index is 1020. The van der Waals surface area contributed by atoms with E-state index in [9.17, 15) is 8.42 Å². The van der Waals surface area contributed by atoms with Gasteiger partial charge in [0.2, 0.25) is 10.0 Å². The minimum atomic E-state index is -3.53. The summed E-state index contributed by atoms with van der Waals surface area (Å²) < 4.78 is 28.0. The number of anilines is 1. The normalized spacial score (nSPS) is 12.8. The van der Waals surface area contributed by atoms with Crippen LogP contribution >= 0.6 is 0 Å². The van der Waals surface area contributed by atoms with E-state index in [-0.39, 0.29) is 0 Å². The Morgan fingerprint density at radius 3 is 2.42 bits per heavy atom. The van der Waals surface area contributed by atoms with Crippen molar-refractivity contribution in [3.63, 3.8) is 0 Å². The summed E-state index contributed by atoms with van der Waals surface area (Å²) >= 11 is 0. The predicted octanol–water partition coefficient (Wildman–Crippen LogP) is 2.81. The van der Waals surface area contributed by atoms with Crippen LogP contribution in [0.15, 0.2) is 48.7 Å². The van der Waals surface area contributed by atoms with Crippen LogP contribution in [0.25, 0.3) is 5.82 Å². The van der Waals surface area contributed by atoms with Crippen LogP contribution in [-0.4, -0.2) is 34.4 Å². The Labute approximate surface area is 153 Å². The zero-order valence-corrected chi connectivity index (χ0v) is 16.0. The van der Waals surface area contributed by atoms with E-state index in [1.807, 2.05) is 25.1 Å². The molecule has 0 bridgehead atoms. The van der Waals surface area contributed by atoms with Crippen molar-refractivity contribution in [3.05, 3.63) is 65.9 Å². The lowest BCUT2D eigenvalue weighted by Crippen LogP contribution is -2.34. The number of para-hydroxylation sites is 1. The van der Waals surface area contributed by atoms with E-state index >= 15 is 0 Å². The summed E-state index contributed by atoms with van der Waals surface area (Å²) in [6.07, 6.45) is 2.89. The van der Waals surface area contributed by atoms with Crippen LogP contribution in [0.1, 0.15) is 30.2 Å². The lowest BCUT2D eigenvalue weighted by molar-refractivity contribution is 0.581. The number of nitrogens with zero attached hydrogens (tertiary/aromatic N) is 5. The number of rotatable bonds is 5. The van der Waals surface area contributed by atoms with Crippen LogP contribution in [0.2, 0.25) is 0 Å². The molecule has 0 aliphatic carbocycles. The number of hydrogen-bond donors (Lipinski definition) is 0. The van der Waals surface area contributed by atoms with Gasteiger partial charge >= 0.3 is 0 Å². The average Bonchev–Trinajstić information content (AvgIpc) is 2.97. The summed E-state index contributed by atoms with van der Waals surface area (Å²) in [4.78, 5) is 8.84. The molecule has 3 rings (SSSR count). The molecular formula is C18H21N5O2S. The smallest absolute Gasteiger partial charge is 0.232 e. The maximum atomic E-state index is 12.5. The van der Waals surface area contributed by atoms with Gasteiger partial charge < -0.3 is 0 Å². The van der Waals surface area contributed by atoms with Crippen LogP contribution in [0.3, 0.4) is 0 Å². The molecule has 8 heteroatoms. The van der Waals surface area contributed by atoms with Crippen molar-refractivity contribution in [2.45, 2.75) is 26.8 Å². The molecule has 0 N–H and O–H groups in total. The highest BCUT2D eigenvalue weighted by atomic mass is 32.2. The number of aryl methyl sites for hydroxylation is 2. The zero-order chi connectivity index (χ0) is 18.9. The average molecular weight is 371 g/mol. The first-order valence-corrected chi connectivity index (χ1v) is 10.0. The fraction of sp³-hybridized carbons (Fsp3) is 0.278. The fourth-order valence-electron chi connectivity index (χ4n) is 2.89. The molecule has 3 aromatic rings. The molecule has 0 radical (unpaired) electrons. The van der Waals surface area contributed by atoms with Crippen molar-refractivity contribution in [1.82, 2.24) is 19.7 Å². The number of pyridine rings is 1. The predicted molar refractivity (Wildman–Crippen MR) is 101 cm³/mol. The third kappa shape index (κ3) is 3.60. The quantitative estimate of drug-likeness (QED) is 0.689. The van der Waals surface area contributed by atoms with Crippen LogP contribution in [0.5, 0.6) is 0 Å². The number of sulfonamides is 1. The van der Waals surface area contributed by atoms with Gasteiger partial charge in [-0.15, -0.1) is 5.10 Å². The molecule has 2 heterocycles.